The number of hydrogen-bond donors (Lipinski definition) is 1. The maximum Gasteiger partial charge on any atom is 0.138 e. The number of anilines is 2. The summed E-state index contributed by atoms with van der Waals surface area (Å²) in [5, 5.41) is 2.25. The largest absolute Gasteiger partial charge is 0.398 e. The molecular weight excluding hydrogens is 224 g/mol. The van der Waals surface area contributed by atoms with Gasteiger partial charge in [-0.3, -0.25) is 0 Å². The van der Waals surface area contributed by atoms with Gasteiger partial charge in [0, 0.05) is 43.4 Å². The lowest BCUT2D eigenvalue weighted by molar-refractivity contribution is 0.312. The average Bonchev–Trinajstić information content (AvgIpc) is 2.39. The summed E-state index contributed by atoms with van der Waals surface area (Å²) in [4.78, 5) is 9.21. The van der Waals surface area contributed by atoms with Crippen molar-refractivity contribution in [2.45, 2.75) is 0 Å². The Morgan fingerprint density at radius 2 is 1.89 bits per heavy atom. The van der Waals surface area contributed by atoms with Crippen LogP contribution in [-0.2, 0) is 0 Å². The van der Waals surface area contributed by atoms with Crippen LogP contribution in [0, 0.1) is 0 Å². The Bertz CT molecular complexity index is 553. The second-order valence-electron chi connectivity index (χ2n) is 4.87. The van der Waals surface area contributed by atoms with Gasteiger partial charge < -0.3 is 15.5 Å². The van der Waals surface area contributed by atoms with E-state index in [2.05, 4.69) is 27.9 Å². The minimum atomic E-state index is 0.814. The van der Waals surface area contributed by atoms with Gasteiger partial charge in [-0.05, 0) is 24.6 Å². The molecule has 0 unspecified atom stereocenters. The maximum atomic E-state index is 6.11. The first-order valence-electron chi connectivity index (χ1n) is 6.32. The summed E-state index contributed by atoms with van der Waals surface area (Å²) in [6.07, 6.45) is 1.87. The second-order valence-corrected chi connectivity index (χ2v) is 4.87. The van der Waals surface area contributed by atoms with Crippen LogP contribution in [0.5, 0.6) is 0 Å². The molecule has 1 aliphatic rings. The van der Waals surface area contributed by atoms with Gasteiger partial charge in [-0.25, -0.2) is 4.98 Å². The Morgan fingerprint density at radius 3 is 2.67 bits per heavy atom. The predicted molar refractivity (Wildman–Crippen MR) is 75.9 cm³/mol. The van der Waals surface area contributed by atoms with Gasteiger partial charge in [0.2, 0.25) is 0 Å². The zero-order valence-electron chi connectivity index (χ0n) is 10.6. The number of nitrogens with zero attached hydrogens (tertiary/aromatic N) is 3. The van der Waals surface area contributed by atoms with Gasteiger partial charge in [0.05, 0.1) is 0 Å². The van der Waals surface area contributed by atoms with Crippen molar-refractivity contribution in [3.8, 4) is 0 Å². The minimum absolute atomic E-state index is 0.814. The Morgan fingerprint density at radius 1 is 1.11 bits per heavy atom. The summed E-state index contributed by atoms with van der Waals surface area (Å²) >= 11 is 0. The molecule has 0 saturated carbocycles. The van der Waals surface area contributed by atoms with E-state index in [-0.39, 0.29) is 0 Å². The molecule has 1 fully saturated rings. The number of likely N-dealkylation sites (N-methyl/N-ethyl adjacent to an activating group) is 1. The summed E-state index contributed by atoms with van der Waals surface area (Å²) in [5.74, 6) is 1.03. The van der Waals surface area contributed by atoms with Crippen molar-refractivity contribution in [1.82, 2.24) is 9.88 Å². The molecule has 4 nitrogen and oxygen atoms in total. The van der Waals surface area contributed by atoms with E-state index >= 15 is 0 Å². The van der Waals surface area contributed by atoms with Crippen LogP contribution in [0.4, 0.5) is 11.5 Å². The quantitative estimate of drug-likeness (QED) is 0.771. The van der Waals surface area contributed by atoms with E-state index in [0.717, 1.165) is 43.1 Å². The molecule has 0 radical (unpaired) electrons. The summed E-state index contributed by atoms with van der Waals surface area (Å²) in [7, 11) is 2.15. The number of hydrogen-bond acceptors (Lipinski definition) is 4. The van der Waals surface area contributed by atoms with Gasteiger partial charge in [0.1, 0.15) is 5.82 Å². The second kappa shape index (κ2) is 4.46. The van der Waals surface area contributed by atoms with Crippen LogP contribution in [0.1, 0.15) is 0 Å². The van der Waals surface area contributed by atoms with Gasteiger partial charge in [0.25, 0.3) is 0 Å². The fourth-order valence-corrected chi connectivity index (χ4v) is 2.50. The molecule has 1 aromatic carbocycles. The highest BCUT2D eigenvalue weighted by Crippen LogP contribution is 2.29. The van der Waals surface area contributed by atoms with Crippen LogP contribution in [0.15, 0.2) is 30.5 Å². The number of nitrogens with two attached hydrogens (primary N) is 1. The van der Waals surface area contributed by atoms with Crippen LogP contribution in [-0.4, -0.2) is 43.1 Å². The first kappa shape index (κ1) is 11.3. The monoisotopic (exact) mass is 242 g/mol. The lowest BCUT2D eigenvalue weighted by Crippen LogP contribution is -2.44. The number of aromatic nitrogens is 1. The molecule has 0 amide bonds. The fraction of sp³-hybridized carbons (Fsp3) is 0.357. The summed E-state index contributed by atoms with van der Waals surface area (Å²) in [6.45, 7) is 4.17. The van der Waals surface area contributed by atoms with Crippen LogP contribution in [0.25, 0.3) is 10.8 Å². The number of piperazine rings is 1. The number of fused-ring (bicyclic) bond motifs is 1. The third-order valence-electron chi connectivity index (χ3n) is 3.61. The molecule has 2 aromatic rings. The topological polar surface area (TPSA) is 45.4 Å². The van der Waals surface area contributed by atoms with Crippen molar-refractivity contribution in [2.24, 2.45) is 0 Å². The molecule has 1 aromatic heterocycles. The Labute approximate surface area is 107 Å². The standard InChI is InChI=1S/C14H18N4/c1-17-7-9-18(10-8-17)14-13-11(5-6-16-14)3-2-4-12(13)15/h2-6H,7-10,15H2,1H3. The molecule has 2 N–H and O–H groups in total. The third-order valence-corrected chi connectivity index (χ3v) is 3.61. The highest BCUT2D eigenvalue weighted by atomic mass is 15.3. The van der Waals surface area contributed by atoms with Crippen LogP contribution < -0.4 is 10.6 Å². The van der Waals surface area contributed by atoms with E-state index in [1.54, 1.807) is 0 Å². The molecule has 0 atom stereocenters. The van der Waals surface area contributed by atoms with Crippen molar-refractivity contribution in [3.05, 3.63) is 30.5 Å². The number of benzene rings is 1. The number of pyridine rings is 1. The van der Waals surface area contributed by atoms with Gasteiger partial charge in [-0.2, -0.15) is 0 Å². The molecule has 18 heavy (non-hydrogen) atoms. The molecule has 4 heteroatoms. The molecule has 0 bridgehead atoms. The molecule has 0 aliphatic carbocycles. The van der Waals surface area contributed by atoms with Crippen molar-refractivity contribution in [1.29, 1.82) is 0 Å². The maximum absolute atomic E-state index is 6.11. The lowest BCUT2D eigenvalue weighted by Gasteiger charge is -2.33. The van der Waals surface area contributed by atoms with Crippen molar-refractivity contribution in [3.63, 3.8) is 0 Å². The van der Waals surface area contributed by atoms with Gasteiger partial charge in [-0.15, -0.1) is 0 Å². The van der Waals surface area contributed by atoms with Crippen LogP contribution in [0.3, 0.4) is 0 Å². The van der Waals surface area contributed by atoms with E-state index in [0.29, 0.717) is 0 Å². The SMILES string of the molecule is CN1CCN(c2nccc3cccc(N)c23)CC1. The van der Waals surface area contributed by atoms with E-state index in [1.807, 2.05) is 24.4 Å². The Balaban J connectivity index is 2.06. The normalized spacial score (nSPS) is 17.3. The molecule has 94 valence electrons. The zero-order chi connectivity index (χ0) is 12.5. The molecular formula is C14H18N4. The van der Waals surface area contributed by atoms with Gasteiger partial charge >= 0.3 is 0 Å². The Kier molecular flexibility index (Phi) is 2.80. The zero-order valence-corrected chi connectivity index (χ0v) is 10.6. The van der Waals surface area contributed by atoms with E-state index < -0.39 is 0 Å². The highest BCUT2D eigenvalue weighted by molar-refractivity contribution is 6.01. The molecule has 1 saturated heterocycles. The first-order chi connectivity index (χ1) is 8.75. The molecule has 0 spiro atoms. The summed E-state index contributed by atoms with van der Waals surface area (Å²) < 4.78 is 0. The summed E-state index contributed by atoms with van der Waals surface area (Å²) in [5.41, 5.74) is 6.93. The van der Waals surface area contributed by atoms with Gasteiger partial charge in [-0.1, -0.05) is 12.1 Å². The number of nitrogen functional groups attached to an aromatic ring is 1. The summed E-state index contributed by atoms with van der Waals surface area (Å²) in [6, 6.07) is 8.05. The highest BCUT2D eigenvalue weighted by Gasteiger charge is 2.18. The first-order valence-corrected chi connectivity index (χ1v) is 6.32. The predicted octanol–water partition coefficient (Wildman–Crippen LogP) is 1.57. The van der Waals surface area contributed by atoms with Crippen LogP contribution in [0.2, 0.25) is 0 Å². The van der Waals surface area contributed by atoms with Crippen molar-refractivity contribution < 1.29 is 0 Å². The third kappa shape index (κ3) is 1.88. The van der Waals surface area contributed by atoms with Crippen molar-refractivity contribution >= 4 is 22.3 Å². The lowest BCUT2D eigenvalue weighted by atomic mass is 10.1. The van der Waals surface area contributed by atoms with Gasteiger partial charge in [0.15, 0.2) is 0 Å². The fourth-order valence-electron chi connectivity index (χ4n) is 2.50. The molecule has 3 rings (SSSR count). The number of rotatable bonds is 1. The van der Waals surface area contributed by atoms with Crippen molar-refractivity contribution in [2.75, 3.05) is 43.9 Å². The van der Waals surface area contributed by atoms with E-state index in [4.69, 9.17) is 5.73 Å². The minimum Gasteiger partial charge on any atom is -0.398 e. The van der Waals surface area contributed by atoms with E-state index in [9.17, 15) is 0 Å². The van der Waals surface area contributed by atoms with E-state index in [1.165, 1.54) is 5.39 Å². The average molecular weight is 242 g/mol. The molecule has 1 aliphatic heterocycles. The molecule has 2 heterocycles. The smallest absolute Gasteiger partial charge is 0.138 e. The Hall–Kier alpha value is -1.81. The van der Waals surface area contributed by atoms with Crippen LogP contribution >= 0.6 is 0 Å².